The average Bonchev–Trinajstić information content (AvgIpc) is 3.29. The molecule has 37 heavy (non-hydrogen) atoms. The molecule has 0 bridgehead atoms. The summed E-state index contributed by atoms with van der Waals surface area (Å²) in [6.07, 6.45) is 4.32. The molecule has 9 heteroatoms. The second-order valence-electron chi connectivity index (χ2n) is 10.0. The predicted molar refractivity (Wildman–Crippen MR) is 145 cm³/mol. The highest BCUT2D eigenvalue weighted by molar-refractivity contribution is 6.99. The molecule has 8 nitrogen and oxygen atoms in total. The van der Waals surface area contributed by atoms with Crippen LogP contribution in [0.3, 0.4) is 0 Å². The van der Waals surface area contributed by atoms with Crippen molar-refractivity contribution in [1.82, 2.24) is 9.55 Å². The standard InChI is InChI=1S/C28H33N3O5Si/c1-21(32)29-24-17-19-31(26(33)30-24)25-16-18-28(34-5,36-25)20-35-37(27(2,3)4,22-12-8-6-9-13-22)23-14-10-7-11-15-23/h6-19,25H,20H2,1-5H3,(H,29,30,32,33)/t25-,28+/m1/s1. The lowest BCUT2D eigenvalue weighted by Gasteiger charge is -2.44. The van der Waals surface area contributed by atoms with Crippen molar-refractivity contribution in [3.63, 3.8) is 0 Å². The number of methoxy groups -OCH3 is 1. The van der Waals surface area contributed by atoms with Crippen LogP contribution in [0.15, 0.2) is 89.9 Å². The number of rotatable bonds is 8. The molecule has 3 aromatic rings. The summed E-state index contributed by atoms with van der Waals surface area (Å²) in [7, 11) is -1.27. The van der Waals surface area contributed by atoms with Crippen LogP contribution in [0.1, 0.15) is 33.9 Å². The van der Waals surface area contributed by atoms with Gasteiger partial charge in [-0.05, 0) is 33.6 Å². The van der Waals surface area contributed by atoms with Gasteiger partial charge >= 0.3 is 5.69 Å². The quantitative estimate of drug-likeness (QED) is 0.363. The zero-order chi connectivity index (χ0) is 26.7. The lowest BCUT2D eigenvalue weighted by atomic mass is 10.2. The minimum absolute atomic E-state index is 0.121. The number of carbonyl (C=O) groups is 1. The molecule has 0 fully saturated rings. The smallest absolute Gasteiger partial charge is 0.351 e. The number of hydrogen-bond acceptors (Lipinski definition) is 6. The summed E-state index contributed by atoms with van der Waals surface area (Å²) < 4.78 is 20.5. The van der Waals surface area contributed by atoms with Gasteiger partial charge in [0.15, 0.2) is 6.23 Å². The topological polar surface area (TPSA) is 91.7 Å². The maximum atomic E-state index is 12.6. The van der Waals surface area contributed by atoms with Crippen molar-refractivity contribution in [3.05, 3.63) is 95.6 Å². The largest absolute Gasteiger partial charge is 0.402 e. The van der Waals surface area contributed by atoms with Crippen LogP contribution in [-0.4, -0.2) is 43.3 Å². The van der Waals surface area contributed by atoms with Crippen molar-refractivity contribution >= 4 is 30.4 Å². The van der Waals surface area contributed by atoms with E-state index in [1.807, 2.05) is 36.4 Å². The van der Waals surface area contributed by atoms with Crippen LogP contribution in [0.5, 0.6) is 0 Å². The van der Waals surface area contributed by atoms with Gasteiger partial charge < -0.3 is 19.2 Å². The fraction of sp³-hybridized carbons (Fsp3) is 0.321. The van der Waals surface area contributed by atoms with Gasteiger partial charge in [-0.15, -0.1) is 0 Å². The Kier molecular flexibility index (Phi) is 7.61. The Morgan fingerprint density at radius 1 is 1.08 bits per heavy atom. The van der Waals surface area contributed by atoms with Gasteiger partial charge in [0.25, 0.3) is 8.32 Å². The summed E-state index contributed by atoms with van der Waals surface area (Å²) in [4.78, 5) is 27.9. The van der Waals surface area contributed by atoms with E-state index < -0.39 is 26.0 Å². The minimum Gasteiger partial charge on any atom is -0.402 e. The molecule has 1 aromatic heterocycles. The van der Waals surface area contributed by atoms with E-state index in [1.165, 1.54) is 17.7 Å². The van der Waals surface area contributed by atoms with E-state index in [1.54, 1.807) is 25.3 Å². The number of hydrogen-bond donors (Lipinski definition) is 1. The van der Waals surface area contributed by atoms with E-state index >= 15 is 0 Å². The maximum Gasteiger partial charge on any atom is 0.351 e. The number of nitrogens with one attached hydrogen (secondary N) is 1. The Morgan fingerprint density at radius 3 is 2.16 bits per heavy atom. The van der Waals surface area contributed by atoms with Crippen LogP contribution in [0.2, 0.25) is 5.04 Å². The number of amides is 1. The molecule has 0 saturated heterocycles. The summed E-state index contributed by atoms with van der Waals surface area (Å²) in [6, 6.07) is 22.2. The van der Waals surface area contributed by atoms with Gasteiger partial charge in [-0.25, -0.2) is 4.79 Å². The van der Waals surface area contributed by atoms with Gasteiger partial charge in [0.2, 0.25) is 11.7 Å². The molecule has 0 radical (unpaired) electrons. The highest BCUT2D eigenvalue weighted by Crippen LogP contribution is 2.39. The van der Waals surface area contributed by atoms with E-state index in [4.69, 9.17) is 13.9 Å². The number of aromatic nitrogens is 2. The van der Waals surface area contributed by atoms with Gasteiger partial charge in [-0.1, -0.05) is 81.4 Å². The minimum atomic E-state index is -2.83. The first-order valence-corrected chi connectivity index (χ1v) is 14.1. The van der Waals surface area contributed by atoms with E-state index in [0.29, 0.717) is 0 Å². The molecule has 2 heterocycles. The van der Waals surface area contributed by atoms with Crippen molar-refractivity contribution < 1.29 is 18.7 Å². The van der Waals surface area contributed by atoms with Crippen molar-refractivity contribution in [2.45, 2.75) is 44.7 Å². The molecule has 2 aromatic carbocycles. The van der Waals surface area contributed by atoms with Crippen LogP contribution >= 0.6 is 0 Å². The third kappa shape index (κ3) is 5.35. The Morgan fingerprint density at radius 2 is 1.68 bits per heavy atom. The molecule has 0 unspecified atom stereocenters. The molecule has 0 aliphatic carbocycles. The Bertz CT molecular complexity index is 1280. The Labute approximate surface area is 218 Å². The summed E-state index contributed by atoms with van der Waals surface area (Å²) in [6.45, 7) is 8.09. The van der Waals surface area contributed by atoms with Gasteiger partial charge in [0.05, 0.1) is 6.61 Å². The first-order valence-electron chi connectivity index (χ1n) is 12.1. The van der Waals surface area contributed by atoms with Crippen LogP contribution in [0.25, 0.3) is 0 Å². The molecule has 4 rings (SSSR count). The van der Waals surface area contributed by atoms with Crippen LogP contribution in [0.4, 0.5) is 5.82 Å². The summed E-state index contributed by atoms with van der Waals surface area (Å²) in [5.41, 5.74) is -0.555. The molecule has 1 amide bonds. The fourth-order valence-corrected chi connectivity index (χ4v) is 9.32. The van der Waals surface area contributed by atoms with Crippen molar-refractivity contribution in [3.8, 4) is 0 Å². The zero-order valence-electron chi connectivity index (χ0n) is 21.8. The van der Waals surface area contributed by atoms with E-state index in [9.17, 15) is 9.59 Å². The van der Waals surface area contributed by atoms with Crippen molar-refractivity contribution in [2.75, 3.05) is 19.0 Å². The van der Waals surface area contributed by atoms with Crippen molar-refractivity contribution in [2.24, 2.45) is 0 Å². The molecular weight excluding hydrogens is 486 g/mol. The summed E-state index contributed by atoms with van der Waals surface area (Å²) in [5.74, 6) is -1.32. The van der Waals surface area contributed by atoms with E-state index in [0.717, 1.165) is 10.4 Å². The first kappa shape index (κ1) is 26.7. The second kappa shape index (κ2) is 10.5. The molecule has 0 spiro atoms. The normalized spacial score (nSPS) is 19.6. The third-order valence-electron chi connectivity index (χ3n) is 6.50. The van der Waals surface area contributed by atoms with Gasteiger partial charge in [0.1, 0.15) is 5.82 Å². The third-order valence-corrected chi connectivity index (χ3v) is 11.5. The number of ether oxygens (including phenoxy) is 2. The van der Waals surface area contributed by atoms with Gasteiger partial charge in [0, 0.05) is 20.2 Å². The van der Waals surface area contributed by atoms with E-state index in [-0.39, 0.29) is 23.4 Å². The second-order valence-corrected chi connectivity index (χ2v) is 14.3. The number of nitrogens with zero attached hydrogens (tertiary/aromatic N) is 2. The summed E-state index contributed by atoms with van der Waals surface area (Å²) in [5, 5.41) is 4.59. The average molecular weight is 520 g/mol. The Balaban J connectivity index is 1.65. The van der Waals surface area contributed by atoms with Crippen LogP contribution in [-0.2, 0) is 18.7 Å². The highest BCUT2D eigenvalue weighted by Gasteiger charge is 2.52. The lowest BCUT2D eigenvalue weighted by molar-refractivity contribution is -0.222. The maximum absolute atomic E-state index is 12.6. The molecule has 1 aliphatic heterocycles. The van der Waals surface area contributed by atoms with Gasteiger partial charge in [-0.2, -0.15) is 4.98 Å². The number of benzene rings is 2. The molecule has 0 saturated carbocycles. The summed E-state index contributed by atoms with van der Waals surface area (Å²) >= 11 is 0. The zero-order valence-corrected chi connectivity index (χ0v) is 22.8. The van der Waals surface area contributed by atoms with Crippen LogP contribution in [0, 0.1) is 0 Å². The lowest BCUT2D eigenvalue weighted by Crippen LogP contribution is -2.67. The molecule has 2 atom stereocenters. The fourth-order valence-electron chi connectivity index (χ4n) is 4.75. The van der Waals surface area contributed by atoms with Crippen molar-refractivity contribution in [1.29, 1.82) is 0 Å². The van der Waals surface area contributed by atoms with Gasteiger partial charge in [-0.3, -0.25) is 9.36 Å². The molecule has 1 aliphatic rings. The number of anilines is 1. The Hall–Kier alpha value is -3.37. The first-order chi connectivity index (χ1) is 17.6. The highest BCUT2D eigenvalue weighted by atomic mass is 28.4. The monoisotopic (exact) mass is 519 g/mol. The molecule has 1 N–H and O–H groups in total. The molecule has 194 valence electrons. The SMILES string of the molecule is CO[C@@]1(CO[Si](c2ccccc2)(c2ccccc2)C(C)(C)C)C=C[C@H](n2ccc(NC(C)=O)nc2=O)O1. The molecular formula is C28H33N3O5Si. The van der Waals surface area contributed by atoms with Crippen LogP contribution < -0.4 is 21.4 Å². The predicted octanol–water partition coefficient (Wildman–Crippen LogP) is 3.21. The number of carbonyl (C=O) groups excluding carboxylic acids is 1. The van der Waals surface area contributed by atoms with E-state index in [2.05, 4.69) is 55.3 Å².